The monoisotopic (exact) mass is 255 g/mol. The topological polar surface area (TPSA) is 55.4 Å². The summed E-state index contributed by atoms with van der Waals surface area (Å²) in [6.45, 7) is 3.68. The molecular formula is C14H25NO3. The summed E-state index contributed by atoms with van der Waals surface area (Å²) in [6, 6.07) is -0.0111. The molecule has 1 aliphatic rings. The summed E-state index contributed by atoms with van der Waals surface area (Å²) in [4.78, 5) is 23.0. The van der Waals surface area contributed by atoms with Crippen LogP contribution in [0.25, 0.3) is 0 Å². The predicted molar refractivity (Wildman–Crippen MR) is 70.3 cm³/mol. The summed E-state index contributed by atoms with van der Waals surface area (Å²) < 4.78 is 4.91. The maximum absolute atomic E-state index is 11.6. The SMILES string of the molecule is CCOC(=O)CC(NC1CCCCCC1)C(C)=O. The van der Waals surface area contributed by atoms with E-state index in [9.17, 15) is 9.59 Å². The standard InChI is InChI=1S/C14H25NO3/c1-3-18-14(17)10-13(11(2)16)15-12-8-6-4-5-7-9-12/h12-13,15H,3-10H2,1-2H3. The molecule has 1 rings (SSSR count). The highest BCUT2D eigenvalue weighted by Gasteiger charge is 2.23. The Morgan fingerprint density at radius 2 is 1.83 bits per heavy atom. The first-order valence-electron chi connectivity index (χ1n) is 7.05. The molecule has 1 unspecified atom stereocenters. The van der Waals surface area contributed by atoms with Gasteiger partial charge in [-0.2, -0.15) is 0 Å². The van der Waals surface area contributed by atoms with Crippen LogP contribution in [0, 0.1) is 0 Å². The molecule has 4 nitrogen and oxygen atoms in total. The molecule has 104 valence electrons. The zero-order chi connectivity index (χ0) is 13.4. The van der Waals surface area contributed by atoms with Crippen LogP contribution in [0.5, 0.6) is 0 Å². The van der Waals surface area contributed by atoms with Crippen molar-refractivity contribution in [2.45, 2.75) is 70.9 Å². The number of esters is 1. The molecule has 0 bridgehead atoms. The number of carbonyl (C=O) groups is 2. The lowest BCUT2D eigenvalue weighted by molar-refractivity contribution is -0.145. The van der Waals surface area contributed by atoms with Gasteiger partial charge in [-0.25, -0.2) is 0 Å². The van der Waals surface area contributed by atoms with E-state index in [4.69, 9.17) is 4.74 Å². The van der Waals surface area contributed by atoms with Crippen LogP contribution in [0.2, 0.25) is 0 Å². The first kappa shape index (κ1) is 15.2. The molecule has 0 spiro atoms. The van der Waals surface area contributed by atoms with E-state index >= 15 is 0 Å². The van der Waals surface area contributed by atoms with Gasteiger partial charge in [-0.05, 0) is 26.7 Å². The fraction of sp³-hybridized carbons (Fsp3) is 0.857. The van der Waals surface area contributed by atoms with E-state index in [1.165, 1.54) is 32.6 Å². The molecule has 0 aliphatic heterocycles. The minimum absolute atomic E-state index is 0.0206. The van der Waals surface area contributed by atoms with Crippen molar-refractivity contribution in [2.24, 2.45) is 0 Å². The second kappa shape index (κ2) is 8.25. The van der Waals surface area contributed by atoms with Crippen molar-refractivity contribution in [1.29, 1.82) is 0 Å². The van der Waals surface area contributed by atoms with Crippen molar-refractivity contribution in [3.05, 3.63) is 0 Å². The van der Waals surface area contributed by atoms with E-state index in [0.29, 0.717) is 12.6 Å². The molecule has 0 aromatic heterocycles. The largest absolute Gasteiger partial charge is 0.466 e. The minimum Gasteiger partial charge on any atom is -0.466 e. The van der Waals surface area contributed by atoms with Gasteiger partial charge < -0.3 is 10.1 Å². The second-order valence-corrected chi connectivity index (χ2v) is 5.03. The number of hydrogen-bond donors (Lipinski definition) is 1. The number of ether oxygens (including phenoxy) is 1. The van der Waals surface area contributed by atoms with E-state index in [2.05, 4.69) is 5.32 Å². The maximum Gasteiger partial charge on any atom is 0.307 e. The van der Waals surface area contributed by atoms with Gasteiger partial charge in [-0.1, -0.05) is 25.7 Å². The lowest BCUT2D eigenvalue weighted by Gasteiger charge is -2.22. The van der Waals surface area contributed by atoms with Crippen LogP contribution in [0.15, 0.2) is 0 Å². The van der Waals surface area contributed by atoms with Gasteiger partial charge in [0.2, 0.25) is 0 Å². The van der Waals surface area contributed by atoms with Gasteiger partial charge in [0.25, 0.3) is 0 Å². The van der Waals surface area contributed by atoms with Gasteiger partial charge in [-0.3, -0.25) is 9.59 Å². The first-order valence-corrected chi connectivity index (χ1v) is 7.05. The maximum atomic E-state index is 11.6. The Labute approximate surface area is 109 Å². The number of rotatable bonds is 6. The van der Waals surface area contributed by atoms with Crippen LogP contribution in [0.1, 0.15) is 58.8 Å². The highest BCUT2D eigenvalue weighted by molar-refractivity contribution is 5.86. The van der Waals surface area contributed by atoms with E-state index in [-0.39, 0.29) is 24.2 Å². The number of nitrogens with one attached hydrogen (secondary N) is 1. The second-order valence-electron chi connectivity index (χ2n) is 5.03. The van der Waals surface area contributed by atoms with Crippen molar-refractivity contribution in [2.75, 3.05) is 6.61 Å². The van der Waals surface area contributed by atoms with E-state index < -0.39 is 0 Å². The normalized spacial score (nSPS) is 19.0. The smallest absolute Gasteiger partial charge is 0.307 e. The number of ketones is 1. The van der Waals surface area contributed by atoms with Crippen molar-refractivity contribution in [3.63, 3.8) is 0 Å². The van der Waals surface area contributed by atoms with Crippen LogP contribution in [-0.2, 0) is 14.3 Å². The average molecular weight is 255 g/mol. The molecule has 4 heteroatoms. The average Bonchev–Trinajstić information content (AvgIpc) is 2.57. The zero-order valence-electron chi connectivity index (χ0n) is 11.5. The molecular weight excluding hydrogens is 230 g/mol. The predicted octanol–water partition coefficient (Wildman–Crippen LogP) is 2.21. The summed E-state index contributed by atoms with van der Waals surface area (Å²) in [5.74, 6) is -0.272. The summed E-state index contributed by atoms with van der Waals surface area (Å²) in [5, 5.41) is 3.33. The van der Waals surface area contributed by atoms with Crippen LogP contribution in [0.4, 0.5) is 0 Å². The zero-order valence-corrected chi connectivity index (χ0v) is 11.5. The Morgan fingerprint density at radius 1 is 1.22 bits per heavy atom. The van der Waals surface area contributed by atoms with E-state index in [0.717, 1.165) is 12.8 Å². The molecule has 0 heterocycles. The Bertz CT molecular complexity index is 270. The molecule has 0 radical (unpaired) electrons. The Hall–Kier alpha value is -0.900. The molecule has 0 amide bonds. The quantitative estimate of drug-likeness (QED) is 0.584. The molecule has 0 aromatic rings. The van der Waals surface area contributed by atoms with E-state index in [1.54, 1.807) is 6.92 Å². The van der Waals surface area contributed by atoms with Crippen LogP contribution < -0.4 is 5.32 Å². The van der Waals surface area contributed by atoms with Gasteiger partial charge in [0.15, 0.2) is 0 Å². The molecule has 0 saturated heterocycles. The number of hydrogen-bond acceptors (Lipinski definition) is 4. The molecule has 1 saturated carbocycles. The fourth-order valence-electron chi connectivity index (χ4n) is 2.44. The summed E-state index contributed by atoms with van der Waals surface area (Å²) in [5.41, 5.74) is 0. The summed E-state index contributed by atoms with van der Waals surface area (Å²) in [7, 11) is 0. The third kappa shape index (κ3) is 5.63. The van der Waals surface area contributed by atoms with Gasteiger partial charge in [0, 0.05) is 6.04 Å². The molecule has 1 N–H and O–H groups in total. The Morgan fingerprint density at radius 3 is 2.33 bits per heavy atom. The van der Waals surface area contributed by atoms with Gasteiger partial charge in [0.05, 0.1) is 19.1 Å². The number of carbonyl (C=O) groups excluding carboxylic acids is 2. The molecule has 1 aliphatic carbocycles. The van der Waals surface area contributed by atoms with Gasteiger partial charge >= 0.3 is 5.97 Å². The third-order valence-corrected chi connectivity index (χ3v) is 3.46. The van der Waals surface area contributed by atoms with Crippen LogP contribution in [0.3, 0.4) is 0 Å². The molecule has 18 heavy (non-hydrogen) atoms. The lowest BCUT2D eigenvalue weighted by Crippen LogP contribution is -2.43. The highest BCUT2D eigenvalue weighted by Crippen LogP contribution is 2.18. The Kier molecular flexibility index (Phi) is 6.94. The van der Waals surface area contributed by atoms with E-state index in [1.807, 2.05) is 0 Å². The molecule has 0 aromatic carbocycles. The minimum atomic E-state index is -0.382. The highest BCUT2D eigenvalue weighted by atomic mass is 16.5. The van der Waals surface area contributed by atoms with Crippen LogP contribution in [-0.4, -0.2) is 30.4 Å². The summed E-state index contributed by atoms with van der Waals surface area (Å²) in [6.07, 6.45) is 7.34. The van der Waals surface area contributed by atoms with Gasteiger partial charge in [-0.15, -0.1) is 0 Å². The summed E-state index contributed by atoms with van der Waals surface area (Å²) >= 11 is 0. The van der Waals surface area contributed by atoms with Crippen molar-refractivity contribution >= 4 is 11.8 Å². The number of Topliss-reactive ketones (excluding diaryl/α,β-unsaturated/α-hetero) is 1. The lowest BCUT2D eigenvalue weighted by atomic mass is 10.0. The first-order chi connectivity index (χ1) is 8.63. The molecule has 1 fully saturated rings. The Balaban J connectivity index is 2.45. The van der Waals surface area contributed by atoms with Crippen LogP contribution >= 0.6 is 0 Å². The third-order valence-electron chi connectivity index (χ3n) is 3.46. The van der Waals surface area contributed by atoms with Crippen molar-refractivity contribution in [1.82, 2.24) is 5.32 Å². The van der Waals surface area contributed by atoms with Crippen molar-refractivity contribution in [3.8, 4) is 0 Å². The molecule has 1 atom stereocenters. The van der Waals surface area contributed by atoms with Gasteiger partial charge in [0.1, 0.15) is 5.78 Å². The fourth-order valence-corrected chi connectivity index (χ4v) is 2.44. The van der Waals surface area contributed by atoms with Crippen molar-refractivity contribution < 1.29 is 14.3 Å².